The van der Waals surface area contributed by atoms with Crippen molar-refractivity contribution in [1.82, 2.24) is 15.2 Å². The summed E-state index contributed by atoms with van der Waals surface area (Å²) >= 11 is 0. The van der Waals surface area contributed by atoms with Crippen LogP contribution in [0, 0.1) is 6.92 Å². The van der Waals surface area contributed by atoms with Crippen molar-refractivity contribution in [1.29, 1.82) is 0 Å². The topological polar surface area (TPSA) is 122 Å². The molecule has 0 saturated heterocycles. The van der Waals surface area contributed by atoms with Gasteiger partial charge in [0.25, 0.3) is 0 Å². The molecule has 2 atom stereocenters. The van der Waals surface area contributed by atoms with E-state index in [4.69, 9.17) is 0 Å². The van der Waals surface area contributed by atoms with Gasteiger partial charge in [0, 0.05) is 19.7 Å². The molecule has 194 valence electrons. The number of carbonyl (C=O) groups is 2. The second kappa shape index (κ2) is 10.4. The van der Waals surface area contributed by atoms with Crippen LogP contribution in [-0.4, -0.2) is 49.4 Å². The molecule has 1 aromatic carbocycles. The second-order valence-electron chi connectivity index (χ2n) is 9.91. The Morgan fingerprint density at radius 1 is 1.14 bits per heavy atom. The molecule has 4 rings (SSSR count). The highest BCUT2D eigenvalue weighted by atomic mass is 32.2. The van der Waals surface area contributed by atoms with Crippen molar-refractivity contribution < 1.29 is 18.0 Å². The number of rotatable bonds is 7. The number of anilines is 2. The quantitative estimate of drug-likeness (QED) is 0.455. The number of fused-ring (bicyclic) bond motifs is 1. The third-order valence-electron chi connectivity index (χ3n) is 6.97. The lowest BCUT2D eigenvalue weighted by Gasteiger charge is -2.33. The van der Waals surface area contributed by atoms with Crippen LogP contribution >= 0.6 is 0 Å². The van der Waals surface area contributed by atoms with E-state index in [0.29, 0.717) is 41.2 Å². The van der Waals surface area contributed by atoms with E-state index in [0.717, 1.165) is 16.9 Å². The predicted molar refractivity (Wildman–Crippen MR) is 143 cm³/mol. The zero-order valence-corrected chi connectivity index (χ0v) is 22.5. The van der Waals surface area contributed by atoms with E-state index in [2.05, 4.69) is 20.5 Å². The molecule has 10 heteroatoms. The van der Waals surface area contributed by atoms with Crippen molar-refractivity contribution in [3.63, 3.8) is 0 Å². The molecule has 2 aromatic heterocycles. The Balaban J connectivity index is 1.49. The van der Waals surface area contributed by atoms with Crippen LogP contribution in [0.2, 0.25) is 0 Å². The van der Waals surface area contributed by atoms with Crippen molar-refractivity contribution in [2.24, 2.45) is 0 Å². The van der Waals surface area contributed by atoms with Crippen molar-refractivity contribution in [3.05, 3.63) is 76.1 Å². The Bertz CT molecular complexity index is 1410. The lowest BCUT2D eigenvalue weighted by molar-refractivity contribution is -0.115. The number of nitrogens with zero attached hydrogens (tertiary/aromatic N) is 4. The predicted octanol–water partition coefficient (Wildman–Crippen LogP) is 3.19. The molecule has 9 nitrogen and oxygen atoms in total. The monoisotopic (exact) mass is 521 g/mol. The van der Waals surface area contributed by atoms with Crippen molar-refractivity contribution in [3.8, 4) is 0 Å². The maximum atomic E-state index is 13.6. The van der Waals surface area contributed by atoms with Crippen LogP contribution in [0.15, 0.2) is 42.5 Å². The Hall–Kier alpha value is -3.66. The van der Waals surface area contributed by atoms with Gasteiger partial charge in [-0.1, -0.05) is 24.3 Å². The third-order valence-corrected chi connectivity index (χ3v) is 7.90. The van der Waals surface area contributed by atoms with Gasteiger partial charge in [-0.15, -0.1) is 5.10 Å². The molecule has 2 heterocycles. The summed E-state index contributed by atoms with van der Waals surface area (Å²) in [5.74, 6) is 0.837. The smallest absolute Gasteiger partial charge is 0.229 e. The van der Waals surface area contributed by atoms with Gasteiger partial charge in [-0.3, -0.25) is 9.59 Å². The second-order valence-corrected chi connectivity index (χ2v) is 11.3. The summed E-state index contributed by atoms with van der Waals surface area (Å²) in [6, 6.07) is 12.4. The summed E-state index contributed by atoms with van der Waals surface area (Å²) in [4.78, 5) is 32.8. The van der Waals surface area contributed by atoms with Crippen LogP contribution in [0.3, 0.4) is 0 Å². The van der Waals surface area contributed by atoms with E-state index < -0.39 is 21.4 Å². The molecule has 37 heavy (non-hydrogen) atoms. The number of thiol groups is 1. The number of aryl methyl sites for hydroxylation is 2. The van der Waals surface area contributed by atoms with Gasteiger partial charge in [-0.05, 0) is 68.5 Å². The Labute approximate surface area is 218 Å². The van der Waals surface area contributed by atoms with Crippen LogP contribution in [0.5, 0.6) is 0 Å². The summed E-state index contributed by atoms with van der Waals surface area (Å²) in [5, 5.41) is 10.9. The zero-order valence-electron chi connectivity index (χ0n) is 21.6. The fraction of sp³-hybridized carbons (Fsp3) is 0.370. The minimum absolute atomic E-state index is 0.0438. The molecular weight excluding hydrogens is 490 g/mol. The number of benzene rings is 1. The number of pyridine rings is 1. The van der Waals surface area contributed by atoms with Gasteiger partial charge >= 0.3 is 0 Å². The molecule has 0 aliphatic heterocycles. The van der Waals surface area contributed by atoms with Gasteiger partial charge < -0.3 is 10.2 Å². The van der Waals surface area contributed by atoms with E-state index in [1.165, 1.54) is 0 Å². The zero-order chi connectivity index (χ0) is 26.9. The summed E-state index contributed by atoms with van der Waals surface area (Å²) in [5.41, 5.74) is 3.27. The molecule has 1 aliphatic rings. The Kier molecular flexibility index (Phi) is 7.40. The standard InChI is InChI=1S/C27H31N5O4S/c1-16-14-22(29-24(33)15-18-6-8-19(9-7-18)17(2)37(35)36)28-20-12-13-27(3,26(34)25(16)20)21-10-11-23(31-30-21)32(4)5/h6-11,14,17,37H,12-13,15H2,1-5H3,(H,28,29,33). The number of ketones is 1. The number of amides is 1. The maximum absolute atomic E-state index is 13.6. The number of nitrogens with one attached hydrogen (secondary N) is 1. The van der Waals surface area contributed by atoms with Gasteiger partial charge in [-0.2, -0.15) is 5.10 Å². The third kappa shape index (κ3) is 5.39. The summed E-state index contributed by atoms with van der Waals surface area (Å²) in [6.45, 7) is 5.37. The van der Waals surface area contributed by atoms with Crippen molar-refractivity contribution in [2.75, 3.05) is 24.3 Å². The van der Waals surface area contributed by atoms with Gasteiger partial charge in [0.05, 0.1) is 28.5 Å². The Morgan fingerprint density at radius 2 is 1.84 bits per heavy atom. The molecule has 0 spiro atoms. The minimum atomic E-state index is -2.55. The first kappa shape index (κ1) is 26.4. The number of aromatic nitrogens is 3. The summed E-state index contributed by atoms with van der Waals surface area (Å²) in [6.07, 6.45) is 1.23. The number of carbonyl (C=O) groups excluding carboxylic acids is 2. The number of hydrogen-bond acceptors (Lipinski definition) is 8. The van der Waals surface area contributed by atoms with Crippen molar-refractivity contribution in [2.45, 2.75) is 50.7 Å². The van der Waals surface area contributed by atoms with Gasteiger partial charge in [-0.25, -0.2) is 13.4 Å². The lowest BCUT2D eigenvalue weighted by atomic mass is 9.70. The maximum Gasteiger partial charge on any atom is 0.229 e. The average molecular weight is 522 g/mol. The van der Waals surface area contributed by atoms with Crippen LogP contribution < -0.4 is 10.2 Å². The van der Waals surface area contributed by atoms with E-state index in [9.17, 15) is 18.0 Å². The molecule has 0 radical (unpaired) electrons. The molecule has 1 N–H and O–H groups in total. The van der Waals surface area contributed by atoms with Crippen LogP contribution in [0.4, 0.5) is 11.6 Å². The summed E-state index contributed by atoms with van der Waals surface area (Å²) in [7, 11) is 1.22. The minimum Gasteiger partial charge on any atom is -0.361 e. The first-order chi connectivity index (χ1) is 17.5. The highest BCUT2D eigenvalue weighted by Gasteiger charge is 2.43. The van der Waals surface area contributed by atoms with E-state index in [-0.39, 0.29) is 18.1 Å². The first-order valence-electron chi connectivity index (χ1n) is 12.1. The van der Waals surface area contributed by atoms with E-state index in [1.807, 2.05) is 45.0 Å². The van der Waals surface area contributed by atoms with Gasteiger partial charge in [0.1, 0.15) is 16.5 Å². The molecule has 1 amide bonds. The summed E-state index contributed by atoms with van der Waals surface area (Å²) < 4.78 is 22.4. The molecule has 3 aromatic rings. The SMILES string of the molecule is Cc1cc(NC(=O)Cc2ccc(C(C)[SH](=O)=O)cc2)nc2c1C(=O)C(C)(c1ccc(N(C)C)nn1)CC2. The average Bonchev–Trinajstić information content (AvgIpc) is 2.86. The van der Waals surface area contributed by atoms with Gasteiger partial charge in [0.2, 0.25) is 5.91 Å². The molecule has 0 bridgehead atoms. The van der Waals surface area contributed by atoms with E-state index >= 15 is 0 Å². The number of hydrogen-bond donors (Lipinski definition) is 2. The molecule has 1 aliphatic carbocycles. The first-order valence-corrected chi connectivity index (χ1v) is 13.3. The molecular formula is C27H31N5O4S. The fourth-order valence-electron chi connectivity index (χ4n) is 4.56. The number of Topliss-reactive ketones (excluding diaryl/α,β-unsaturated/α-hetero) is 1. The normalized spacial score (nSPS) is 17.8. The lowest BCUT2D eigenvalue weighted by Crippen LogP contribution is -2.39. The van der Waals surface area contributed by atoms with Gasteiger partial charge in [0.15, 0.2) is 11.6 Å². The highest BCUT2D eigenvalue weighted by Crippen LogP contribution is 2.38. The molecule has 2 unspecified atom stereocenters. The Morgan fingerprint density at radius 3 is 2.43 bits per heavy atom. The van der Waals surface area contributed by atoms with Crippen LogP contribution in [0.1, 0.15) is 64.0 Å². The van der Waals surface area contributed by atoms with Crippen LogP contribution in [-0.2, 0) is 33.8 Å². The molecule has 0 fully saturated rings. The molecule has 0 saturated carbocycles. The highest BCUT2D eigenvalue weighted by molar-refractivity contribution is 7.72. The van der Waals surface area contributed by atoms with E-state index in [1.54, 1.807) is 37.3 Å². The van der Waals surface area contributed by atoms with Crippen LogP contribution in [0.25, 0.3) is 0 Å². The fourth-order valence-corrected chi connectivity index (χ4v) is 4.98. The van der Waals surface area contributed by atoms with Crippen molar-refractivity contribution >= 4 is 34.0 Å². The largest absolute Gasteiger partial charge is 0.361 e.